The Morgan fingerprint density at radius 1 is 1.19 bits per heavy atom. The molecular weight excluding hydrogens is 492 g/mol. The molecule has 3 aromatic rings. The second kappa shape index (κ2) is 9.30. The summed E-state index contributed by atoms with van der Waals surface area (Å²) < 4.78 is 62.3. The molecule has 1 N–H and O–H groups in total. The average Bonchev–Trinajstić information content (AvgIpc) is 3.22. The van der Waals surface area contributed by atoms with Crippen LogP contribution in [0, 0.1) is 12.8 Å². The van der Waals surface area contributed by atoms with Crippen molar-refractivity contribution < 1.29 is 26.7 Å². The monoisotopic (exact) mass is 521 g/mol. The molecule has 1 saturated heterocycles. The number of piperidine rings is 1. The molecule has 0 radical (unpaired) electrons. The number of aromatic nitrogens is 3. The van der Waals surface area contributed by atoms with Crippen LogP contribution < -0.4 is 5.32 Å². The van der Waals surface area contributed by atoms with E-state index in [-0.39, 0.29) is 35.9 Å². The second-order valence-corrected chi connectivity index (χ2v) is 11.7. The molecule has 1 aliphatic rings. The van der Waals surface area contributed by atoms with Gasteiger partial charge in [-0.05, 0) is 52.3 Å². The molecule has 0 bridgehead atoms. The highest BCUT2D eigenvalue weighted by Gasteiger charge is 2.46. The summed E-state index contributed by atoms with van der Waals surface area (Å²) in [5.41, 5.74) is 0.292. The maximum atomic E-state index is 14.9. The van der Waals surface area contributed by atoms with Crippen molar-refractivity contribution in [2.45, 2.75) is 50.5 Å². The third-order valence-electron chi connectivity index (χ3n) is 5.94. The summed E-state index contributed by atoms with van der Waals surface area (Å²) in [5.74, 6) is -3.95. The molecule has 0 unspecified atom stereocenters. The average molecular weight is 522 g/mol. The SMILES string of the molecule is Cc1ccc(S(=O)(=O)n2ccc3c(NC[C@H]4CCN(C(=O)OC(C)(C)C)CC4(F)F)ncnc32)cc1. The van der Waals surface area contributed by atoms with Gasteiger partial charge in [0.15, 0.2) is 5.65 Å². The van der Waals surface area contributed by atoms with Crippen molar-refractivity contribution in [2.75, 3.05) is 25.0 Å². The van der Waals surface area contributed by atoms with E-state index in [9.17, 15) is 22.0 Å². The Morgan fingerprint density at radius 2 is 1.89 bits per heavy atom. The molecule has 1 amide bonds. The normalized spacial score (nSPS) is 18.3. The maximum absolute atomic E-state index is 14.9. The van der Waals surface area contributed by atoms with Crippen molar-refractivity contribution in [1.29, 1.82) is 0 Å². The van der Waals surface area contributed by atoms with Gasteiger partial charge in [0.05, 0.1) is 16.8 Å². The van der Waals surface area contributed by atoms with Gasteiger partial charge in [0.1, 0.15) is 17.7 Å². The number of amides is 1. The smallest absolute Gasteiger partial charge is 0.410 e. The lowest BCUT2D eigenvalue weighted by molar-refractivity contribution is -0.106. The van der Waals surface area contributed by atoms with Gasteiger partial charge in [-0.3, -0.25) is 0 Å². The number of ether oxygens (including phenoxy) is 1. The number of alkyl halides is 2. The molecule has 9 nitrogen and oxygen atoms in total. The zero-order valence-corrected chi connectivity index (χ0v) is 21.3. The third-order valence-corrected chi connectivity index (χ3v) is 7.62. The molecule has 1 aromatic carbocycles. The first-order valence-corrected chi connectivity index (χ1v) is 13.0. The van der Waals surface area contributed by atoms with E-state index in [0.29, 0.717) is 5.39 Å². The summed E-state index contributed by atoms with van der Waals surface area (Å²) in [6, 6.07) is 7.97. The van der Waals surface area contributed by atoms with E-state index in [1.807, 2.05) is 6.92 Å². The fraction of sp³-hybridized carbons (Fsp3) is 0.458. The molecule has 0 aliphatic carbocycles. The van der Waals surface area contributed by atoms with E-state index in [1.54, 1.807) is 32.9 Å². The number of carbonyl (C=O) groups is 1. The van der Waals surface area contributed by atoms with Crippen molar-refractivity contribution in [3.63, 3.8) is 0 Å². The number of fused-ring (bicyclic) bond motifs is 1. The molecule has 1 aliphatic heterocycles. The lowest BCUT2D eigenvalue weighted by Crippen LogP contribution is -2.53. The number of carbonyl (C=O) groups excluding carboxylic acids is 1. The lowest BCUT2D eigenvalue weighted by atomic mass is 9.93. The number of aryl methyl sites for hydroxylation is 1. The van der Waals surface area contributed by atoms with Gasteiger partial charge in [0.25, 0.3) is 15.9 Å². The Labute approximate surface area is 208 Å². The van der Waals surface area contributed by atoms with Gasteiger partial charge in [-0.15, -0.1) is 0 Å². The number of hydrogen-bond acceptors (Lipinski definition) is 7. The van der Waals surface area contributed by atoms with Crippen LogP contribution in [0.2, 0.25) is 0 Å². The largest absolute Gasteiger partial charge is 0.444 e. The van der Waals surface area contributed by atoms with Gasteiger partial charge >= 0.3 is 6.09 Å². The molecule has 1 fully saturated rings. The summed E-state index contributed by atoms with van der Waals surface area (Å²) in [6.45, 7) is 6.19. The lowest BCUT2D eigenvalue weighted by Gasteiger charge is -2.38. The Bertz CT molecular complexity index is 1370. The van der Waals surface area contributed by atoms with Crippen LogP contribution in [0.25, 0.3) is 11.0 Å². The molecular formula is C24H29F2N5O4S. The molecule has 2 aromatic heterocycles. The van der Waals surface area contributed by atoms with Crippen LogP contribution in [-0.2, 0) is 14.8 Å². The summed E-state index contributed by atoms with van der Waals surface area (Å²) in [7, 11) is -3.91. The molecule has 3 heterocycles. The van der Waals surface area contributed by atoms with Crippen LogP contribution in [0.3, 0.4) is 0 Å². The van der Waals surface area contributed by atoms with Crippen molar-refractivity contribution in [3.8, 4) is 0 Å². The molecule has 36 heavy (non-hydrogen) atoms. The number of hydrogen-bond donors (Lipinski definition) is 1. The van der Waals surface area contributed by atoms with Crippen LogP contribution in [0.1, 0.15) is 32.8 Å². The predicted octanol–water partition coefficient (Wildman–Crippen LogP) is 4.28. The summed E-state index contributed by atoms with van der Waals surface area (Å²) in [5, 5.41) is 3.32. The number of likely N-dealkylation sites (tertiary alicyclic amines) is 1. The number of anilines is 1. The Morgan fingerprint density at radius 3 is 2.53 bits per heavy atom. The first kappa shape index (κ1) is 25.8. The van der Waals surface area contributed by atoms with Gasteiger partial charge in [-0.1, -0.05) is 17.7 Å². The molecule has 0 spiro atoms. The molecule has 1 atom stereocenters. The summed E-state index contributed by atoms with van der Waals surface area (Å²) in [4.78, 5) is 21.6. The molecule has 12 heteroatoms. The number of nitrogens with zero attached hydrogens (tertiary/aromatic N) is 4. The fourth-order valence-electron chi connectivity index (χ4n) is 4.03. The van der Waals surface area contributed by atoms with Crippen LogP contribution in [0.15, 0.2) is 47.8 Å². The van der Waals surface area contributed by atoms with E-state index >= 15 is 0 Å². The van der Waals surface area contributed by atoms with Gasteiger partial charge in [0.2, 0.25) is 0 Å². The highest BCUT2D eigenvalue weighted by atomic mass is 32.2. The summed E-state index contributed by atoms with van der Waals surface area (Å²) >= 11 is 0. The van der Waals surface area contributed by atoms with Crippen LogP contribution in [0.4, 0.5) is 19.4 Å². The number of nitrogens with one attached hydrogen (secondary N) is 1. The molecule has 194 valence electrons. The second-order valence-electron chi connectivity index (χ2n) is 9.92. The molecule has 4 rings (SSSR count). The van der Waals surface area contributed by atoms with Crippen LogP contribution in [0.5, 0.6) is 0 Å². The Kier molecular flexibility index (Phi) is 6.67. The first-order valence-electron chi connectivity index (χ1n) is 11.5. The maximum Gasteiger partial charge on any atom is 0.410 e. The van der Waals surface area contributed by atoms with E-state index in [0.717, 1.165) is 14.4 Å². The van der Waals surface area contributed by atoms with E-state index in [4.69, 9.17) is 4.74 Å². The fourth-order valence-corrected chi connectivity index (χ4v) is 5.33. The van der Waals surface area contributed by atoms with Gasteiger partial charge in [0, 0.05) is 25.2 Å². The highest BCUT2D eigenvalue weighted by molar-refractivity contribution is 7.90. The Hall–Kier alpha value is -3.28. The third kappa shape index (κ3) is 5.28. The summed E-state index contributed by atoms with van der Waals surface area (Å²) in [6.07, 6.45) is 1.86. The predicted molar refractivity (Wildman–Crippen MR) is 131 cm³/mol. The highest BCUT2D eigenvalue weighted by Crippen LogP contribution is 2.34. The zero-order valence-electron chi connectivity index (χ0n) is 20.5. The van der Waals surface area contributed by atoms with Gasteiger partial charge < -0.3 is 15.0 Å². The Balaban J connectivity index is 1.50. The standard InChI is InChI=1S/C24H29F2N5O4S/c1-16-5-7-18(8-6-16)36(33,34)31-12-10-19-20(28-15-29-21(19)31)27-13-17-9-11-30(14-24(17,25)26)22(32)35-23(2,3)4/h5-8,10,12,15,17H,9,11,13-14H2,1-4H3,(H,27,28,29)/t17-/m1/s1. The van der Waals surface area contributed by atoms with Gasteiger partial charge in [-0.2, -0.15) is 0 Å². The van der Waals surface area contributed by atoms with E-state index in [2.05, 4.69) is 15.3 Å². The zero-order chi connectivity index (χ0) is 26.3. The quantitative estimate of drug-likeness (QED) is 0.534. The van der Waals surface area contributed by atoms with Gasteiger partial charge in [-0.25, -0.2) is 35.9 Å². The van der Waals surface area contributed by atoms with Crippen molar-refractivity contribution in [3.05, 3.63) is 48.4 Å². The van der Waals surface area contributed by atoms with Crippen molar-refractivity contribution in [1.82, 2.24) is 18.8 Å². The first-order chi connectivity index (χ1) is 16.8. The number of halogens is 2. The van der Waals surface area contributed by atoms with Crippen molar-refractivity contribution >= 4 is 33.0 Å². The van der Waals surface area contributed by atoms with E-state index in [1.165, 1.54) is 30.7 Å². The van der Waals surface area contributed by atoms with Crippen molar-refractivity contribution in [2.24, 2.45) is 5.92 Å². The van der Waals surface area contributed by atoms with Crippen LogP contribution in [-0.4, -0.2) is 64.5 Å². The van der Waals surface area contributed by atoms with Crippen LogP contribution >= 0.6 is 0 Å². The number of benzene rings is 1. The minimum atomic E-state index is -3.91. The minimum Gasteiger partial charge on any atom is -0.444 e. The van der Waals surface area contributed by atoms with E-state index < -0.39 is 40.1 Å². The molecule has 0 saturated carbocycles. The number of rotatable bonds is 5. The topological polar surface area (TPSA) is 106 Å². The minimum absolute atomic E-state index is 0.0658.